The summed E-state index contributed by atoms with van der Waals surface area (Å²) < 4.78 is 0. The normalized spacial score (nSPS) is 25.7. The van der Waals surface area contributed by atoms with Gasteiger partial charge in [-0.3, -0.25) is 4.79 Å². The molecule has 0 aliphatic heterocycles. The highest BCUT2D eigenvalue weighted by Gasteiger charge is 2.29. The Balaban J connectivity index is 2.03. The number of thiophene rings is 1. The second kappa shape index (κ2) is 4.48. The van der Waals surface area contributed by atoms with Gasteiger partial charge in [0.2, 0.25) is 0 Å². The van der Waals surface area contributed by atoms with E-state index in [4.69, 9.17) is 0 Å². The third-order valence-electron chi connectivity index (χ3n) is 3.50. The molecule has 2 unspecified atom stereocenters. The molecule has 0 spiro atoms. The molecule has 1 heterocycles. The summed E-state index contributed by atoms with van der Waals surface area (Å²) in [6.45, 7) is 4.29. The van der Waals surface area contributed by atoms with Crippen LogP contribution in [0.5, 0.6) is 0 Å². The van der Waals surface area contributed by atoms with Crippen LogP contribution in [0, 0.1) is 18.8 Å². The molecule has 82 valence electrons. The Hall–Kier alpha value is -0.630. The zero-order valence-electron chi connectivity index (χ0n) is 9.45. The van der Waals surface area contributed by atoms with Gasteiger partial charge < -0.3 is 0 Å². The van der Waals surface area contributed by atoms with E-state index in [1.165, 1.54) is 17.7 Å². The number of ketones is 1. The van der Waals surface area contributed by atoms with Gasteiger partial charge in [-0.1, -0.05) is 13.3 Å². The number of aryl methyl sites for hydroxylation is 1. The standard InChI is InChI=1S/C13H18OS/c1-3-10-4-5-11(7-10)13(14)12-6-9(2)15-8-12/h6,8,10-11H,3-5,7H2,1-2H3. The highest BCUT2D eigenvalue weighted by atomic mass is 32.1. The summed E-state index contributed by atoms with van der Waals surface area (Å²) in [5.41, 5.74) is 0.944. The first-order chi connectivity index (χ1) is 7.20. The Kier molecular flexibility index (Phi) is 3.25. The molecule has 1 aliphatic rings. The van der Waals surface area contributed by atoms with Crippen molar-refractivity contribution >= 4 is 17.1 Å². The van der Waals surface area contributed by atoms with Crippen molar-refractivity contribution in [3.8, 4) is 0 Å². The van der Waals surface area contributed by atoms with E-state index in [-0.39, 0.29) is 0 Å². The number of carbonyl (C=O) groups excluding carboxylic acids is 1. The number of Topliss-reactive ketones (excluding diaryl/α,β-unsaturated/α-hetero) is 1. The lowest BCUT2D eigenvalue weighted by molar-refractivity contribution is 0.0920. The molecule has 1 saturated carbocycles. The maximum Gasteiger partial charge on any atom is 0.166 e. The van der Waals surface area contributed by atoms with Crippen molar-refractivity contribution in [2.45, 2.75) is 39.5 Å². The van der Waals surface area contributed by atoms with Crippen LogP contribution >= 0.6 is 11.3 Å². The molecule has 1 aromatic rings. The maximum absolute atomic E-state index is 12.1. The Morgan fingerprint density at radius 1 is 1.53 bits per heavy atom. The average Bonchev–Trinajstić information content (AvgIpc) is 2.84. The first-order valence-electron chi connectivity index (χ1n) is 5.80. The molecule has 1 fully saturated rings. The van der Waals surface area contributed by atoms with Crippen molar-refractivity contribution in [1.82, 2.24) is 0 Å². The summed E-state index contributed by atoms with van der Waals surface area (Å²) in [7, 11) is 0. The Bertz CT molecular complexity index is 353. The molecular weight excluding hydrogens is 204 g/mol. The van der Waals surface area contributed by atoms with Gasteiger partial charge >= 0.3 is 0 Å². The minimum absolute atomic E-state index is 0.309. The fraction of sp³-hybridized carbons (Fsp3) is 0.615. The van der Waals surface area contributed by atoms with Gasteiger partial charge in [-0.15, -0.1) is 11.3 Å². The van der Waals surface area contributed by atoms with Crippen molar-refractivity contribution in [3.05, 3.63) is 21.9 Å². The molecule has 0 radical (unpaired) electrons. The quantitative estimate of drug-likeness (QED) is 0.705. The SMILES string of the molecule is CCC1CCC(C(=O)c2csc(C)c2)C1. The largest absolute Gasteiger partial charge is 0.294 e. The number of hydrogen-bond acceptors (Lipinski definition) is 2. The monoisotopic (exact) mass is 222 g/mol. The zero-order valence-corrected chi connectivity index (χ0v) is 10.3. The summed E-state index contributed by atoms with van der Waals surface area (Å²) in [5, 5.41) is 2.01. The number of carbonyl (C=O) groups is 1. The Morgan fingerprint density at radius 2 is 2.33 bits per heavy atom. The molecule has 2 heteroatoms. The highest BCUT2D eigenvalue weighted by Crippen LogP contribution is 2.35. The maximum atomic E-state index is 12.1. The highest BCUT2D eigenvalue weighted by molar-refractivity contribution is 7.10. The van der Waals surface area contributed by atoms with Gasteiger partial charge in [-0.2, -0.15) is 0 Å². The summed E-state index contributed by atoms with van der Waals surface area (Å²) in [5.74, 6) is 1.48. The molecule has 0 saturated heterocycles. The molecule has 2 rings (SSSR count). The second-order valence-corrected chi connectivity index (χ2v) is 5.71. The summed E-state index contributed by atoms with van der Waals surface area (Å²) in [4.78, 5) is 13.4. The molecule has 0 amide bonds. The molecule has 0 aromatic carbocycles. The predicted octanol–water partition coefficient (Wildman–Crippen LogP) is 4.07. The first kappa shape index (κ1) is 10.9. The predicted molar refractivity (Wildman–Crippen MR) is 64.5 cm³/mol. The van der Waals surface area contributed by atoms with Crippen molar-refractivity contribution in [2.24, 2.45) is 11.8 Å². The Morgan fingerprint density at radius 3 is 2.87 bits per heavy atom. The molecule has 1 nitrogen and oxygen atoms in total. The fourth-order valence-electron chi connectivity index (χ4n) is 2.49. The van der Waals surface area contributed by atoms with E-state index in [1.807, 2.05) is 11.4 Å². The van der Waals surface area contributed by atoms with Gasteiger partial charge in [0.05, 0.1) is 0 Å². The summed E-state index contributed by atoms with van der Waals surface area (Å²) in [6, 6.07) is 2.03. The zero-order chi connectivity index (χ0) is 10.8. The fourth-order valence-corrected chi connectivity index (χ4v) is 3.18. The molecule has 2 atom stereocenters. The number of hydrogen-bond donors (Lipinski definition) is 0. The lowest BCUT2D eigenvalue weighted by Gasteiger charge is -2.07. The third-order valence-corrected chi connectivity index (χ3v) is 4.37. The average molecular weight is 222 g/mol. The van der Waals surface area contributed by atoms with Crippen LogP contribution in [-0.4, -0.2) is 5.78 Å². The van der Waals surface area contributed by atoms with Gasteiger partial charge in [-0.05, 0) is 38.2 Å². The number of rotatable bonds is 3. The minimum atomic E-state index is 0.309. The summed E-state index contributed by atoms with van der Waals surface area (Å²) in [6.07, 6.45) is 4.69. The van der Waals surface area contributed by atoms with Crippen LogP contribution < -0.4 is 0 Å². The van der Waals surface area contributed by atoms with Crippen LogP contribution in [0.2, 0.25) is 0 Å². The lowest BCUT2D eigenvalue weighted by atomic mass is 9.96. The van der Waals surface area contributed by atoms with Gasteiger partial charge in [0.1, 0.15) is 0 Å². The van der Waals surface area contributed by atoms with Gasteiger partial charge in [0, 0.05) is 21.7 Å². The van der Waals surface area contributed by atoms with Crippen molar-refractivity contribution in [1.29, 1.82) is 0 Å². The van der Waals surface area contributed by atoms with E-state index < -0.39 is 0 Å². The van der Waals surface area contributed by atoms with Gasteiger partial charge in [-0.25, -0.2) is 0 Å². The van der Waals surface area contributed by atoms with Crippen LogP contribution in [0.15, 0.2) is 11.4 Å². The van der Waals surface area contributed by atoms with Crippen LogP contribution in [0.4, 0.5) is 0 Å². The van der Waals surface area contributed by atoms with Crippen molar-refractivity contribution in [3.63, 3.8) is 0 Å². The van der Waals surface area contributed by atoms with E-state index >= 15 is 0 Å². The van der Waals surface area contributed by atoms with E-state index in [0.29, 0.717) is 11.7 Å². The third kappa shape index (κ3) is 2.31. The van der Waals surface area contributed by atoms with E-state index in [9.17, 15) is 4.79 Å². The molecular formula is C13H18OS. The molecule has 0 N–H and O–H groups in total. The first-order valence-corrected chi connectivity index (χ1v) is 6.68. The Labute approximate surface area is 95.5 Å². The van der Waals surface area contributed by atoms with Crippen molar-refractivity contribution in [2.75, 3.05) is 0 Å². The van der Waals surface area contributed by atoms with Crippen LogP contribution in [0.3, 0.4) is 0 Å². The molecule has 0 bridgehead atoms. The van der Waals surface area contributed by atoms with Crippen LogP contribution in [-0.2, 0) is 0 Å². The topological polar surface area (TPSA) is 17.1 Å². The summed E-state index contributed by atoms with van der Waals surface area (Å²) >= 11 is 1.68. The van der Waals surface area contributed by atoms with Gasteiger partial charge in [0.15, 0.2) is 5.78 Å². The van der Waals surface area contributed by atoms with Crippen LogP contribution in [0.1, 0.15) is 47.8 Å². The van der Waals surface area contributed by atoms with Crippen molar-refractivity contribution < 1.29 is 4.79 Å². The van der Waals surface area contributed by atoms with Crippen LogP contribution in [0.25, 0.3) is 0 Å². The molecule has 1 aromatic heterocycles. The molecule has 1 aliphatic carbocycles. The smallest absolute Gasteiger partial charge is 0.166 e. The van der Waals surface area contributed by atoms with E-state index in [0.717, 1.165) is 24.3 Å². The minimum Gasteiger partial charge on any atom is -0.294 e. The lowest BCUT2D eigenvalue weighted by Crippen LogP contribution is -2.10. The molecule has 15 heavy (non-hydrogen) atoms. The van der Waals surface area contributed by atoms with Gasteiger partial charge in [0.25, 0.3) is 0 Å². The van der Waals surface area contributed by atoms with E-state index in [2.05, 4.69) is 13.8 Å². The second-order valence-electron chi connectivity index (χ2n) is 4.59. The van der Waals surface area contributed by atoms with E-state index in [1.54, 1.807) is 11.3 Å².